The van der Waals surface area contributed by atoms with Crippen molar-refractivity contribution in [3.05, 3.63) is 71.9 Å². The summed E-state index contributed by atoms with van der Waals surface area (Å²) in [4.78, 5) is 3.74. The minimum Gasteiger partial charge on any atom is -0.497 e. The Morgan fingerprint density at radius 1 is 0.962 bits per heavy atom. The topological polar surface area (TPSA) is 45.9 Å². The molecule has 1 heterocycles. The Hall–Kier alpha value is -3.33. The Labute approximate surface area is 148 Å². The number of benzene rings is 2. The summed E-state index contributed by atoms with van der Waals surface area (Å²) in [6.45, 7) is 0. The zero-order chi connectivity index (χ0) is 18.7. The van der Waals surface area contributed by atoms with E-state index < -0.39 is 11.9 Å². The molecule has 0 bridgehead atoms. The van der Waals surface area contributed by atoms with Crippen LogP contribution in [0.1, 0.15) is 11.3 Å². The van der Waals surface area contributed by atoms with Crippen molar-refractivity contribution in [2.24, 2.45) is 0 Å². The predicted molar refractivity (Wildman–Crippen MR) is 91.4 cm³/mol. The van der Waals surface area contributed by atoms with Crippen LogP contribution in [0.3, 0.4) is 0 Å². The Kier molecular flexibility index (Phi) is 4.63. The first-order chi connectivity index (χ1) is 12.4. The molecule has 3 aromatic rings. The number of methoxy groups -OCH3 is 1. The van der Waals surface area contributed by atoms with Crippen LogP contribution in [0.5, 0.6) is 5.75 Å². The maximum absolute atomic E-state index is 13.4. The summed E-state index contributed by atoms with van der Waals surface area (Å²) in [6, 6.07) is 17.8. The monoisotopic (exact) mass is 354 g/mol. The summed E-state index contributed by atoms with van der Waals surface area (Å²) in [6.07, 6.45) is -4.63. The Bertz CT molecular complexity index is 959. The van der Waals surface area contributed by atoms with Gasteiger partial charge in [-0.15, -0.1) is 0 Å². The van der Waals surface area contributed by atoms with Gasteiger partial charge in [-0.2, -0.15) is 18.4 Å². The number of rotatable bonds is 3. The predicted octanol–water partition coefficient (Wildman–Crippen LogP) is 5.31. The molecule has 0 fully saturated rings. The van der Waals surface area contributed by atoms with E-state index in [4.69, 9.17) is 4.74 Å². The molecule has 26 heavy (non-hydrogen) atoms. The lowest BCUT2D eigenvalue weighted by Crippen LogP contribution is -2.10. The van der Waals surface area contributed by atoms with Crippen LogP contribution in [0.25, 0.3) is 22.4 Å². The van der Waals surface area contributed by atoms with E-state index >= 15 is 0 Å². The third kappa shape index (κ3) is 3.38. The number of nitrogens with zero attached hydrogens (tertiary/aromatic N) is 2. The largest absolute Gasteiger partial charge is 0.497 e. The summed E-state index contributed by atoms with van der Waals surface area (Å²) in [5.41, 5.74) is 0.165. The van der Waals surface area contributed by atoms with Crippen molar-refractivity contribution in [1.82, 2.24) is 4.98 Å². The number of hydrogen-bond donors (Lipinski definition) is 0. The van der Waals surface area contributed by atoms with E-state index in [0.29, 0.717) is 16.9 Å². The molecule has 0 atom stereocenters. The van der Waals surface area contributed by atoms with Gasteiger partial charge in [-0.25, -0.2) is 4.98 Å². The van der Waals surface area contributed by atoms with E-state index in [9.17, 15) is 18.4 Å². The van der Waals surface area contributed by atoms with Crippen molar-refractivity contribution in [2.75, 3.05) is 7.11 Å². The number of halogens is 3. The van der Waals surface area contributed by atoms with Crippen LogP contribution in [0.15, 0.2) is 60.7 Å². The molecule has 0 saturated heterocycles. The molecule has 0 amide bonds. The molecule has 1 aromatic heterocycles. The molecule has 0 spiro atoms. The zero-order valence-electron chi connectivity index (χ0n) is 13.7. The van der Waals surface area contributed by atoms with Crippen molar-refractivity contribution in [2.45, 2.75) is 6.18 Å². The van der Waals surface area contributed by atoms with Crippen LogP contribution >= 0.6 is 0 Å². The normalized spacial score (nSPS) is 11.0. The highest BCUT2D eigenvalue weighted by atomic mass is 19.4. The highest BCUT2D eigenvalue weighted by Gasteiger charge is 2.34. The van der Waals surface area contributed by atoms with Crippen LogP contribution in [0.2, 0.25) is 0 Å². The highest BCUT2D eigenvalue weighted by molar-refractivity contribution is 5.80. The van der Waals surface area contributed by atoms with Gasteiger partial charge in [0.2, 0.25) is 0 Å². The second kappa shape index (κ2) is 6.89. The van der Waals surface area contributed by atoms with E-state index in [1.54, 1.807) is 54.6 Å². The van der Waals surface area contributed by atoms with Crippen LogP contribution < -0.4 is 4.74 Å². The van der Waals surface area contributed by atoms with Crippen molar-refractivity contribution in [1.29, 1.82) is 5.26 Å². The summed E-state index contributed by atoms with van der Waals surface area (Å²) in [7, 11) is 1.49. The van der Waals surface area contributed by atoms with E-state index in [1.807, 2.05) is 6.07 Å². The summed E-state index contributed by atoms with van der Waals surface area (Å²) in [5.74, 6) is 0.558. The Balaban J connectivity index is 2.30. The number of hydrogen-bond acceptors (Lipinski definition) is 3. The van der Waals surface area contributed by atoms with Crippen molar-refractivity contribution in [3.8, 4) is 34.2 Å². The van der Waals surface area contributed by atoms with Gasteiger partial charge in [-0.05, 0) is 35.9 Å². The van der Waals surface area contributed by atoms with Gasteiger partial charge in [-0.3, -0.25) is 0 Å². The first kappa shape index (κ1) is 17.5. The van der Waals surface area contributed by atoms with Gasteiger partial charge >= 0.3 is 6.18 Å². The fraction of sp³-hybridized carbons (Fsp3) is 0.100. The molecule has 130 valence electrons. The standard InChI is InChI=1S/C20H13F3N2O/c1-26-15-9-7-14(8-10-15)19-17(12-24)16(13-5-3-2-4-6-13)11-18(25-19)20(21,22)23/h2-11H,1H3. The smallest absolute Gasteiger partial charge is 0.433 e. The van der Waals surface area contributed by atoms with Gasteiger partial charge in [0.25, 0.3) is 0 Å². The van der Waals surface area contributed by atoms with Crippen LogP contribution in [-0.4, -0.2) is 12.1 Å². The lowest BCUT2D eigenvalue weighted by atomic mass is 9.95. The molecule has 3 rings (SSSR count). The lowest BCUT2D eigenvalue weighted by Gasteiger charge is -2.14. The zero-order valence-corrected chi connectivity index (χ0v) is 13.7. The second-order valence-corrected chi connectivity index (χ2v) is 5.48. The molecule has 0 N–H and O–H groups in total. The fourth-order valence-corrected chi connectivity index (χ4v) is 2.61. The van der Waals surface area contributed by atoms with Crippen molar-refractivity contribution < 1.29 is 17.9 Å². The average Bonchev–Trinajstić information content (AvgIpc) is 2.67. The van der Waals surface area contributed by atoms with Crippen LogP contribution in [0, 0.1) is 11.3 Å². The quantitative estimate of drug-likeness (QED) is 0.640. The van der Waals surface area contributed by atoms with Gasteiger partial charge in [0.05, 0.1) is 18.4 Å². The van der Waals surface area contributed by atoms with E-state index in [0.717, 1.165) is 6.07 Å². The van der Waals surface area contributed by atoms with Crippen molar-refractivity contribution >= 4 is 0 Å². The SMILES string of the molecule is COc1ccc(-c2nc(C(F)(F)F)cc(-c3ccccc3)c2C#N)cc1. The summed E-state index contributed by atoms with van der Waals surface area (Å²) in [5, 5.41) is 9.62. The summed E-state index contributed by atoms with van der Waals surface area (Å²) < 4.78 is 45.2. The third-order valence-electron chi connectivity index (χ3n) is 3.87. The molecule has 0 unspecified atom stereocenters. The minimum absolute atomic E-state index is 0.0103. The fourth-order valence-electron chi connectivity index (χ4n) is 2.61. The molecule has 2 aromatic carbocycles. The molecule has 3 nitrogen and oxygen atoms in total. The maximum atomic E-state index is 13.4. The molecule has 0 aliphatic carbocycles. The Morgan fingerprint density at radius 2 is 1.62 bits per heavy atom. The molecule has 0 aliphatic heterocycles. The van der Waals surface area contributed by atoms with Crippen molar-refractivity contribution in [3.63, 3.8) is 0 Å². The molecule has 0 aliphatic rings. The Morgan fingerprint density at radius 3 is 2.15 bits per heavy atom. The third-order valence-corrected chi connectivity index (χ3v) is 3.87. The number of pyridine rings is 1. The first-order valence-electron chi connectivity index (χ1n) is 7.66. The van der Waals surface area contributed by atoms with Crippen LogP contribution in [0.4, 0.5) is 13.2 Å². The van der Waals surface area contributed by atoms with Gasteiger partial charge in [-0.1, -0.05) is 30.3 Å². The number of alkyl halides is 3. The number of nitriles is 1. The molecular formula is C20H13F3N2O. The maximum Gasteiger partial charge on any atom is 0.433 e. The lowest BCUT2D eigenvalue weighted by molar-refractivity contribution is -0.141. The second-order valence-electron chi connectivity index (χ2n) is 5.48. The molecule has 6 heteroatoms. The summed E-state index contributed by atoms with van der Waals surface area (Å²) >= 11 is 0. The van der Waals surface area contributed by atoms with Gasteiger partial charge in [0.15, 0.2) is 0 Å². The minimum atomic E-state index is -4.63. The number of aromatic nitrogens is 1. The highest BCUT2D eigenvalue weighted by Crippen LogP contribution is 2.37. The van der Waals surface area contributed by atoms with Gasteiger partial charge in [0.1, 0.15) is 17.5 Å². The van der Waals surface area contributed by atoms with E-state index in [2.05, 4.69) is 4.98 Å². The van der Waals surface area contributed by atoms with Gasteiger partial charge in [0, 0.05) is 11.1 Å². The van der Waals surface area contributed by atoms with Crippen LogP contribution in [-0.2, 0) is 6.18 Å². The molecule has 0 radical (unpaired) electrons. The van der Waals surface area contributed by atoms with E-state index in [-0.39, 0.29) is 16.8 Å². The molecular weight excluding hydrogens is 341 g/mol. The van der Waals surface area contributed by atoms with E-state index in [1.165, 1.54) is 7.11 Å². The molecule has 0 saturated carbocycles. The number of ether oxygens (including phenoxy) is 1. The average molecular weight is 354 g/mol. The first-order valence-corrected chi connectivity index (χ1v) is 7.66. The van der Waals surface area contributed by atoms with Gasteiger partial charge < -0.3 is 4.74 Å².